The van der Waals surface area contributed by atoms with Crippen molar-refractivity contribution in [2.24, 2.45) is 11.8 Å². The van der Waals surface area contributed by atoms with Gasteiger partial charge in [0.05, 0.1) is 18.8 Å². The van der Waals surface area contributed by atoms with Crippen LogP contribution in [-0.4, -0.2) is 36.5 Å². The summed E-state index contributed by atoms with van der Waals surface area (Å²) in [6, 6.07) is 0.454. The largest absolute Gasteiger partial charge is 0.389 e. The minimum Gasteiger partial charge on any atom is -0.389 e. The highest BCUT2D eigenvalue weighted by molar-refractivity contribution is 4.72. The van der Waals surface area contributed by atoms with Crippen molar-refractivity contribution in [2.75, 3.05) is 13.2 Å². The average Bonchev–Trinajstić information content (AvgIpc) is 2.43. The summed E-state index contributed by atoms with van der Waals surface area (Å²) >= 11 is 0. The summed E-state index contributed by atoms with van der Waals surface area (Å²) in [7, 11) is 0. The molecule has 2 N–H and O–H groups in total. The number of aliphatic hydroxyl groups is 1. The fraction of sp³-hybridized carbons (Fsp3) is 1.00. The van der Waals surface area contributed by atoms with Crippen LogP contribution in [0, 0.1) is 11.8 Å². The maximum absolute atomic E-state index is 9.95. The topological polar surface area (TPSA) is 41.5 Å². The van der Waals surface area contributed by atoms with Crippen LogP contribution in [-0.2, 0) is 4.74 Å². The lowest BCUT2D eigenvalue weighted by atomic mass is 9.89. The Bertz CT molecular complexity index is 227. The molecule has 1 fully saturated rings. The molecule has 0 aromatic heterocycles. The van der Waals surface area contributed by atoms with Crippen molar-refractivity contribution in [2.45, 2.75) is 78.0 Å². The highest BCUT2D eigenvalue weighted by atomic mass is 16.5. The van der Waals surface area contributed by atoms with E-state index in [1.807, 2.05) is 0 Å². The predicted octanol–water partition coefficient (Wildman–Crippen LogP) is 2.97. The number of rotatable bonds is 8. The molecule has 1 saturated carbocycles. The van der Waals surface area contributed by atoms with Gasteiger partial charge in [-0.1, -0.05) is 27.2 Å². The summed E-state index contributed by atoms with van der Waals surface area (Å²) in [6.45, 7) is 10.0. The van der Waals surface area contributed by atoms with Gasteiger partial charge in [-0.2, -0.15) is 0 Å². The third-order valence-electron chi connectivity index (χ3n) is 4.66. The second-order valence-corrected chi connectivity index (χ2v) is 6.45. The van der Waals surface area contributed by atoms with Crippen LogP contribution >= 0.6 is 0 Å². The van der Waals surface area contributed by atoms with Crippen molar-refractivity contribution in [1.82, 2.24) is 5.32 Å². The van der Waals surface area contributed by atoms with E-state index in [9.17, 15) is 5.11 Å². The molecule has 0 aliphatic heterocycles. The summed E-state index contributed by atoms with van der Waals surface area (Å²) in [5.41, 5.74) is 0. The fourth-order valence-electron chi connectivity index (χ4n) is 2.58. The van der Waals surface area contributed by atoms with Crippen molar-refractivity contribution in [1.29, 1.82) is 0 Å². The van der Waals surface area contributed by atoms with Gasteiger partial charge in [0, 0.05) is 12.6 Å². The number of hydrogen-bond donors (Lipinski definition) is 2. The summed E-state index contributed by atoms with van der Waals surface area (Å²) < 4.78 is 5.82. The van der Waals surface area contributed by atoms with Gasteiger partial charge in [-0.3, -0.25) is 0 Å². The monoisotopic (exact) mass is 271 g/mol. The Kier molecular flexibility index (Phi) is 7.96. The fourth-order valence-corrected chi connectivity index (χ4v) is 2.58. The summed E-state index contributed by atoms with van der Waals surface area (Å²) in [5, 5.41) is 13.3. The first-order valence-corrected chi connectivity index (χ1v) is 8.06. The van der Waals surface area contributed by atoms with Gasteiger partial charge in [0.1, 0.15) is 0 Å². The molecule has 1 rings (SSSR count). The van der Waals surface area contributed by atoms with Gasteiger partial charge < -0.3 is 15.2 Å². The standard InChI is InChI=1S/C16H33NO2/c1-5-13(3)14(4)17-10-15(18)11-19-16-8-6-12(2)7-9-16/h12-18H,5-11H2,1-4H3. The summed E-state index contributed by atoms with van der Waals surface area (Å²) in [5.74, 6) is 1.50. The zero-order chi connectivity index (χ0) is 14.3. The normalized spacial score (nSPS) is 28.9. The van der Waals surface area contributed by atoms with E-state index in [4.69, 9.17) is 4.74 Å². The maximum Gasteiger partial charge on any atom is 0.0897 e. The van der Waals surface area contributed by atoms with E-state index in [-0.39, 0.29) is 6.10 Å². The first kappa shape index (κ1) is 16.9. The van der Waals surface area contributed by atoms with Crippen LogP contribution in [0.4, 0.5) is 0 Å². The lowest BCUT2D eigenvalue weighted by Crippen LogP contribution is -2.39. The van der Waals surface area contributed by atoms with Crippen LogP contribution in [0.2, 0.25) is 0 Å². The zero-order valence-electron chi connectivity index (χ0n) is 13.2. The van der Waals surface area contributed by atoms with E-state index in [1.54, 1.807) is 0 Å². The molecule has 0 heterocycles. The van der Waals surface area contributed by atoms with Crippen molar-refractivity contribution in [3.63, 3.8) is 0 Å². The quantitative estimate of drug-likeness (QED) is 0.713. The molecule has 1 aliphatic carbocycles. The number of nitrogens with one attached hydrogen (secondary N) is 1. The van der Waals surface area contributed by atoms with E-state index in [0.717, 1.165) is 18.8 Å². The average molecular weight is 271 g/mol. The molecule has 0 saturated heterocycles. The van der Waals surface area contributed by atoms with Crippen molar-refractivity contribution in [3.8, 4) is 0 Å². The highest BCUT2D eigenvalue weighted by Gasteiger charge is 2.20. The van der Waals surface area contributed by atoms with Gasteiger partial charge >= 0.3 is 0 Å². The van der Waals surface area contributed by atoms with Crippen LogP contribution < -0.4 is 5.32 Å². The Balaban J connectivity index is 2.09. The molecule has 3 atom stereocenters. The minimum atomic E-state index is -0.383. The second kappa shape index (κ2) is 8.93. The third kappa shape index (κ3) is 6.73. The lowest BCUT2D eigenvalue weighted by molar-refractivity contribution is -0.0286. The molecule has 0 spiro atoms. The van der Waals surface area contributed by atoms with E-state index in [2.05, 4.69) is 33.0 Å². The van der Waals surface area contributed by atoms with Gasteiger partial charge in [0.15, 0.2) is 0 Å². The van der Waals surface area contributed by atoms with Gasteiger partial charge in [-0.15, -0.1) is 0 Å². The molecule has 0 radical (unpaired) electrons. The molecule has 3 heteroatoms. The summed E-state index contributed by atoms with van der Waals surface area (Å²) in [4.78, 5) is 0. The van der Waals surface area contributed by atoms with E-state index in [0.29, 0.717) is 31.2 Å². The molecular weight excluding hydrogens is 238 g/mol. The smallest absolute Gasteiger partial charge is 0.0897 e. The Labute approximate surface area is 119 Å². The first-order chi connectivity index (χ1) is 9.02. The van der Waals surface area contributed by atoms with Crippen LogP contribution in [0.15, 0.2) is 0 Å². The molecule has 3 nitrogen and oxygen atoms in total. The van der Waals surface area contributed by atoms with Gasteiger partial charge in [0.25, 0.3) is 0 Å². The van der Waals surface area contributed by atoms with E-state index < -0.39 is 0 Å². The minimum absolute atomic E-state index is 0.373. The van der Waals surface area contributed by atoms with Crippen LogP contribution in [0.25, 0.3) is 0 Å². The predicted molar refractivity (Wildman–Crippen MR) is 80.3 cm³/mol. The molecule has 0 amide bonds. The van der Waals surface area contributed by atoms with E-state index in [1.165, 1.54) is 19.3 Å². The van der Waals surface area contributed by atoms with Gasteiger partial charge in [0.2, 0.25) is 0 Å². The molecule has 114 valence electrons. The van der Waals surface area contributed by atoms with Gasteiger partial charge in [-0.25, -0.2) is 0 Å². The molecule has 19 heavy (non-hydrogen) atoms. The van der Waals surface area contributed by atoms with Crippen molar-refractivity contribution in [3.05, 3.63) is 0 Å². The Morgan fingerprint density at radius 2 is 1.84 bits per heavy atom. The Morgan fingerprint density at radius 3 is 2.42 bits per heavy atom. The Hall–Kier alpha value is -0.120. The van der Waals surface area contributed by atoms with Crippen molar-refractivity contribution < 1.29 is 9.84 Å². The lowest BCUT2D eigenvalue weighted by Gasteiger charge is -2.27. The Morgan fingerprint density at radius 1 is 1.21 bits per heavy atom. The van der Waals surface area contributed by atoms with Crippen LogP contribution in [0.3, 0.4) is 0 Å². The molecule has 3 unspecified atom stereocenters. The third-order valence-corrected chi connectivity index (χ3v) is 4.66. The van der Waals surface area contributed by atoms with Gasteiger partial charge in [-0.05, 0) is 44.4 Å². The molecule has 1 aliphatic rings. The molecule has 0 aromatic rings. The number of hydrogen-bond acceptors (Lipinski definition) is 3. The molecule has 0 aromatic carbocycles. The molecule has 0 bridgehead atoms. The highest BCUT2D eigenvalue weighted by Crippen LogP contribution is 2.25. The van der Waals surface area contributed by atoms with Crippen molar-refractivity contribution >= 4 is 0 Å². The number of aliphatic hydroxyl groups excluding tert-OH is 1. The second-order valence-electron chi connectivity index (χ2n) is 6.45. The maximum atomic E-state index is 9.95. The zero-order valence-corrected chi connectivity index (χ0v) is 13.2. The van der Waals surface area contributed by atoms with Crippen LogP contribution in [0.5, 0.6) is 0 Å². The van der Waals surface area contributed by atoms with E-state index >= 15 is 0 Å². The molecular formula is C16H33NO2. The first-order valence-electron chi connectivity index (χ1n) is 8.06. The van der Waals surface area contributed by atoms with Crippen LogP contribution in [0.1, 0.15) is 59.8 Å². The number of ether oxygens (including phenoxy) is 1. The summed E-state index contributed by atoms with van der Waals surface area (Å²) in [6.07, 6.45) is 6.01. The SMILES string of the molecule is CCC(C)C(C)NCC(O)COC1CCC(C)CC1.